The third kappa shape index (κ3) is 3.69. The molecule has 2 aromatic rings. The molecule has 0 N–H and O–H groups in total. The Hall–Kier alpha value is -2.03. The quantitative estimate of drug-likeness (QED) is 0.795. The molecule has 4 rings (SSSR count). The Morgan fingerprint density at radius 1 is 1.22 bits per heavy atom. The van der Waals surface area contributed by atoms with Gasteiger partial charge in [0.1, 0.15) is 0 Å². The van der Waals surface area contributed by atoms with Crippen molar-refractivity contribution in [1.82, 2.24) is 25.1 Å². The molecule has 3 heterocycles. The highest BCUT2D eigenvalue weighted by molar-refractivity contribution is 6.30. The van der Waals surface area contributed by atoms with Gasteiger partial charge in [-0.3, -0.25) is 4.79 Å². The molecule has 8 nitrogen and oxygen atoms in total. The summed E-state index contributed by atoms with van der Waals surface area (Å²) in [6.07, 6.45) is 1.97. The van der Waals surface area contributed by atoms with Crippen molar-refractivity contribution in [2.45, 2.75) is 38.0 Å². The third-order valence-electron chi connectivity index (χ3n) is 5.13. The molecule has 2 fully saturated rings. The van der Waals surface area contributed by atoms with Crippen LogP contribution in [0.5, 0.6) is 0 Å². The van der Waals surface area contributed by atoms with Gasteiger partial charge in [-0.15, -0.1) is 10.2 Å². The number of tetrazole rings is 1. The molecule has 144 valence electrons. The first-order valence-electron chi connectivity index (χ1n) is 9.22. The van der Waals surface area contributed by atoms with E-state index in [2.05, 4.69) is 15.4 Å². The summed E-state index contributed by atoms with van der Waals surface area (Å²) >= 11 is 5.92. The summed E-state index contributed by atoms with van der Waals surface area (Å²) in [5, 5.41) is 13.3. The van der Waals surface area contributed by atoms with Crippen LogP contribution in [0.15, 0.2) is 24.3 Å². The minimum Gasteiger partial charge on any atom is -0.347 e. The fraction of sp³-hybridized carbons (Fsp3) is 0.556. The van der Waals surface area contributed by atoms with Gasteiger partial charge in [0.15, 0.2) is 11.8 Å². The molecular weight excluding hydrogens is 370 g/mol. The maximum absolute atomic E-state index is 13.0. The molecule has 2 saturated heterocycles. The normalized spacial score (nSPS) is 20.1. The van der Waals surface area contributed by atoms with E-state index in [0.717, 1.165) is 5.56 Å². The number of hydrogen-bond acceptors (Lipinski definition) is 6. The highest BCUT2D eigenvalue weighted by atomic mass is 35.5. The van der Waals surface area contributed by atoms with Crippen LogP contribution in [0.1, 0.15) is 32.2 Å². The maximum Gasteiger partial charge on any atom is 0.249 e. The zero-order valence-corrected chi connectivity index (χ0v) is 15.9. The Morgan fingerprint density at radius 2 is 1.89 bits per heavy atom. The van der Waals surface area contributed by atoms with Gasteiger partial charge in [-0.05, 0) is 35.9 Å². The Labute approximate surface area is 162 Å². The van der Waals surface area contributed by atoms with Crippen LogP contribution in [0.25, 0.3) is 11.4 Å². The Morgan fingerprint density at radius 3 is 2.52 bits per heavy atom. The molecule has 1 aromatic carbocycles. The van der Waals surface area contributed by atoms with Crippen LogP contribution in [0.2, 0.25) is 5.02 Å². The van der Waals surface area contributed by atoms with E-state index in [0.29, 0.717) is 56.4 Å². The molecule has 1 spiro atoms. The number of nitrogens with zero attached hydrogens (tertiary/aromatic N) is 5. The molecule has 27 heavy (non-hydrogen) atoms. The summed E-state index contributed by atoms with van der Waals surface area (Å²) in [5.74, 6) is -0.0140. The van der Waals surface area contributed by atoms with Crippen LogP contribution in [0.3, 0.4) is 0 Å². The molecule has 1 unspecified atom stereocenters. The fourth-order valence-corrected chi connectivity index (χ4v) is 3.70. The molecule has 1 aromatic heterocycles. The summed E-state index contributed by atoms with van der Waals surface area (Å²) < 4.78 is 11.5. The summed E-state index contributed by atoms with van der Waals surface area (Å²) in [6.45, 7) is 4.41. The van der Waals surface area contributed by atoms with Crippen LogP contribution < -0.4 is 0 Å². The second kappa shape index (κ2) is 7.53. The second-order valence-corrected chi connectivity index (χ2v) is 7.23. The number of hydrogen-bond donors (Lipinski definition) is 0. The van der Waals surface area contributed by atoms with Crippen molar-refractivity contribution < 1.29 is 14.3 Å². The van der Waals surface area contributed by atoms with E-state index in [1.807, 2.05) is 24.0 Å². The van der Waals surface area contributed by atoms with E-state index < -0.39 is 11.8 Å². The number of carbonyl (C=O) groups excluding carboxylic acids is 1. The number of ether oxygens (including phenoxy) is 2. The van der Waals surface area contributed by atoms with Crippen molar-refractivity contribution in [2.24, 2.45) is 0 Å². The van der Waals surface area contributed by atoms with Crippen molar-refractivity contribution in [3.63, 3.8) is 0 Å². The summed E-state index contributed by atoms with van der Waals surface area (Å²) in [6, 6.07) is 6.74. The molecule has 1 atom stereocenters. The minimum atomic E-state index is -0.494. The van der Waals surface area contributed by atoms with E-state index in [4.69, 9.17) is 21.1 Å². The number of piperidine rings is 1. The number of rotatable bonds is 4. The lowest BCUT2D eigenvalue weighted by Gasteiger charge is -2.38. The van der Waals surface area contributed by atoms with Crippen LogP contribution in [-0.4, -0.2) is 63.1 Å². The molecule has 9 heteroatoms. The Bertz CT molecular complexity index is 794. The highest BCUT2D eigenvalue weighted by Crippen LogP contribution is 2.32. The summed E-state index contributed by atoms with van der Waals surface area (Å²) in [7, 11) is 0. The molecule has 2 aliphatic rings. The first-order valence-corrected chi connectivity index (χ1v) is 9.60. The SMILES string of the molecule is CCC(C(=O)N1CCC2(CC1)OCCO2)n1nnc(-c2ccc(Cl)cc2)n1. The second-order valence-electron chi connectivity index (χ2n) is 6.80. The first kappa shape index (κ1) is 18.3. The number of carbonyl (C=O) groups is 1. The van der Waals surface area contributed by atoms with Gasteiger partial charge in [0, 0.05) is 36.5 Å². The molecule has 0 saturated carbocycles. The molecule has 0 aliphatic carbocycles. The maximum atomic E-state index is 13.0. The van der Waals surface area contributed by atoms with Gasteiger partial charge in [0.25, 0.3) is 0 Å². The van der Waals surface area contributed by atoms with Gasteiger partial charge in [-0.1, -0.05) is 18.5 Å². The van der Waals surface area contributed by atoms with Gasteiger partial charge in [-0.25, -0.2) is 0 Å². The van der Waals surface area contributed by atoms with E-state index in [-0.39, 0.29) is 5.91 Å². The lowest BCUT2D eigenvalue weighted by molar-refractivity contribution is -0.188. The predicted octanol–water partition coefficient (Wildman–Crippen LogP) is 2.31. The molecule has 1 amide bonds. The molecule has 2 aliphatic heterocycles. The van der Waals surface area contributed by atoms with Crippen LogP contribution in [-0.2, 0) is 14.3 Å². The zero-order valence-electron chi connectivity index (χ0n) is 15.2. The minimum absolute atomic E-state index is 0.00500. The number of benzene rings is 1. The smallest absolute Gasteiger partial charge is 0.249 e. The first-order chi connectivity index (χ1) is 13.1. The fourth-order valence-electron chi connectivity index (χ4n) is 3.57. The number of amides is 1. The zero-order chi connectivity index (χ0) is 18.9. The molecule has 0 bridgehead atoms. The van der Waals surface area contributed by atoms with E-state index >= 15 is 0 Å². The van der Waals surface area contributed by atoms with Gasteiger partial charge in [0.05, 0.1) is 13.2 Å². The number of aromatic nitrogens is 4. The van der Waals surface area contributed by atoms with Gasteiger partial charge in [0.2, 0.25) is 11.7 Å². The molecule has 0 radical (unpaired) electrons. The standard InChI is InChI=1S/C18H22ClN5O3/c1-2-15(17(25)23-9-7-18(8-10-23)26-11-12-27-18)24-21-16(20-22-24)13-3-5-14(19)6-4-13/h3-6,15H,2,7-12H2,1H3. The predicted molar refractivity (Wildman–Crippen MR) is 98.0 cm³/mol. The number of halogens is 1. The van der Waals surface area contributed by atoms with Crippen molar-refractivity contribution in [3.8, 4) is 11.4 Å². The van der Waals surface area contributed by atoms with Crippen LogP contribution in [0.4, 0.5) is 0 Å². The number of likely N-dealkylation sites (tertiary alicyclic amines) is 1. The summed E-state index contributed by atoms with van der Waals surface area (Å²) in [4.78, 5) is 16.3. The molecular formula is C18H22ClN5O3. The van der Waals surface area contributed by atoms with E-state index in [1.54, 1.807) is 12.1 Å². The van der Waals surface area contributed by atoms with Crippen LogP contribution in [0, 0.1) is 0 Å². The largest absolute Gasteiger partial charge is 0.347 e. The van der Waals surface area contributed by atoms with E-state index in [9.17, 15) is 4.79 Å². The third-order valence-corrected chi connectivity index (χ3v) is 5.38. The van der Waals surface area contributed by atoms with Crippen LogP contribution >= 0.6 is 11.6 Å². The monoisotopic (exact) mass is 391 g/mol. The highest BCUT2D eigenvalue weighted by Gasteiger charge is 2.42. The van der Waals surface area contributed by atoms with E-state index in [1.165, 1.54) is 4.80 Å². The lowest BCUT2D eigenvalue weighted by Crippen LogP contribution is -2.49. The van der Waals surface area contributed by atoms with Crippen molar-refractivity contribution in [2.75, 3.05) is 26.3 Å². The van der Waals surface area contributed by atoms with Crippen molar-refractivity contribution in [1.29, 1.82) is 0 Å². The lowest BCUT2D eigenvalue weighted by atomic mass is 10.0. The van der Waals surface area contributed by atoms with Crippen molar-refractivity contribution in [3.05, 3.63) is 29.3 Å². The Balaban J connectivity index is 1.45. The van der Waals surface area contributed by atoms with Gasteiger partial charge < -0.3 is 14.4 Å². The average Bonchev–Trinajstić information content (AvgIpc) is 3.34. The van der Waals surface area contributed by atoms with Gasteiger partial charge >= 0.3 is 0 Å². The summed E-state index contributed by atoms with van der Waals surface area (Å²) in [5.41, 5.74) is 0.809. The average molecular weight is 392 g/mol. The van der Waals surface area contributed by atoms with Crippen molar-refractivity contribution >= 4 is 17.5 Å². The van der Waals surface area contributed by atoms with Gasteiger partial charge in [-0.2, -0.15) is 4.80 Å². The Kier molecular flexibility index (Phi) is 5.12. The topological polar surface area (TPSA) is 82.4 Å².